The fourth-order valence-corrected chi connectivity index (χ4v) is 2.42. The maximum atomic E-state index is 13.7. The molecule has 0 aromatic heterocycles. The van der Waals surface area contributed by atoms with Gasteiger partial charge in [0.1, 0.15) is 5.82 Å². The van der Waals surface area contributed by atoms with Crippen molar-refractivity contribution in [2.75, 3.05) is 0 Å². The predicted molar refractivity (Wildman–Crippen MR) is 78.0 cm³/mol. The lowest BCUT2D eigenvalue weighted by Crippen LogP contribution is -2.26. The third-order valence-electron chi connectivity index (χ3n) is 3.27. The predicted octanol–water partition coefficient (Wildman–Crippen LogP) is 3.90. The molecule has 0 aliphatic heterocycles. The zero-order valence-corrected chi connectivity index (χ0v) is 11.6. The number of nitrogens with two attached hydrogens (primary N) is 1. The van der Waals surface area contributed by atoms with Gasteiger partial charge in [-0.25, -0.2) is 4.39 Å². The molecule has 100 valence electrons. The maximum absolute atomic E-state index is 13.7. The normalized spacial score (nSPS) is 12.4. The lowest BCUT2D eigenvalue weighted by atomic mass is 9.97. The van der Waals surface area contributed by atoms with E-state index in [1.807, 2.05) is 12.1 Å². The second-order valence-corrected chi connectivity index (χ2v) is 5.20. The van der Waals surface area contributed by atoms with E-state index >= 15 is 0 Å². The summed E-state index contributed by atoms with van der Waals surface area (Å²) in [4.78, 5) is 0. The first-order valence-corrected chi connectivity index (χ1v) is 6.68. The summed E-state index contributed by atoms with van der Waals surface area (Å²) in [6.45, 7) is 2.05. The van der Waals surface area contributed by atoms with E-state index in [2.05, 4.69) is 19.1 Å². The number of rotatable bonds is 4. The van der Waals surface area contributed by atoms with Gasteiger partial charge in [0, 0.05) is 16.6 Å². The van der Waals surface area contributed by atoms with Crippen molar-refractivity contribution in [1.29, 1.82) is 0 Å². The zero-order chi connectivity index (χ0) is 13.8. The fraction of sp³-hybridized carbons (Fsp3) is 0.250. The summed E-state index contributed by atoms with van der Waals surface area (Å²) in [7, 11) is 0. The van der Waals surface area contributed by atoms with E-state index in [1.54, 1.807) is 12.1 Å². The summed E-state index contributed by atoms with van der Waals surface area (Å²) in [6.07, 6.45) is 1.16. The van der Waals surface area contributed by atoms with Crippen molar-refractivity contribution in [3.63, 3.8) is 0 Å². The molecule has 0 heterocycles. The van der Waals surface area contributed by atoms with Crippen LogP contribution in [-0.4, -0.2) is 6.04 Å². The third kappa shape index (κ3) is 3.55. The average Bonchev–Trinajstić information content (AvgIpc) is 2.37. The lowest BCUT2D eigenvalue weighted by Gasteiger charge is -2.15. The number of benzene rings is 2. The number of aryl methyl sites for hydroxylation is 1. The van der Waals surface area contributed by atoms with Crippen molar-refractivity contribution in [2.24, 2.45) is 5.73 Å². The first kappa shape index (κ1) is 14.0. The molecule has 0 fully saturated rings. The lowest BCUT2D eigenvalue weighted by molar-refractivity contribution is 0.583. The molecule has 0 radical (unpaired) electrons. The molecule has 1 nitrogen and oxygen atoms in total. The Hall–Kier alpha value is -1.38. The molecule has 2 N–H and O–H groups in total. The average molecular weight is 278 g/mol. The summed E-state index contributed by atoms with van der Waals surface area (Å²) in [5, 5.41) is 0.445. The van der Waals surface area contributed by atoms with Crippen molar-refractivity contribution >= 4 is 11.6 Å². The monoisotopic (exact) mass is 277 g/mol. The SMILES string of the molecule is Cc1ccccc1CC(N)Cc1c(F)cccc1Cl. The summed E-state index contributed by atoms with van der Waals surface area (Å²) in [5.74, 6) is -0.285. The summed E-state index contributed by atoms with van der Waals surface area (Å²) in [6, 6.07) is 12.7. The van der Waals surface area contributed by atoms with E-state index in [0.29, 0.717) is 17.0 Å². The molecule has 0 spiro atoms. The Morgan fingerprint density at radius 3 is 2.53 bits per heavy atom. The number of hydrogen-bond donors (Lipinski definition) is 1. The highest BCUT2D eigenvalue weighted by Crippen LogP contribution is 2.21. The van der Waals surface area contributed by atoms with Gasteiger partial charge < -0.3 is 5.73 Å². The number of hydrogen-bond acceptors (Lipinski definition) is 1. The van der Waals surface area contributed by atoms with Gasteiger partial charge in [0.25, 0.3) is 0 Å². The Bertz CT molecular complexity index is 548. The van der Waals surface area contributed by atoms with E-state index in [9.17, 15) is 4.39 Å². The minimum Gasteiger partial charge on any atom is -0.327 e. The quantitative estimate of drug-likeness (QED) is 0.901. The summed E-state index contributed by atoms with van der Waals surface area (Å²) >= 11 is 6.01. The van der Waals surface area contributed by atoms with Crippen molar-refractivity contribution < 1.29 is 4.39 Å². The molecular weight excluding hydrogens is 261 g/mol. The van der Waals surface area contributed by atoms with Crippen LogP contribution < -0.4 is 5.73 Å². The van der Waals surface area contributed by atoms with Gasteiger partial charge in [-0.2, -0.15) is 0 Å². The summed E-state index contributed by atoms with van der Waals surface area (Å²) < 4.78 is 13.7. The standard InChI is InChI=1S/C16H17ClFN/c1-11-5-2-3-6-12(11)9-13(19)10-14-15(17)7-4-8-16(14)18/h2-8,13H,9-10,19H2,1H3. The Balaban J connectivity index is 2.10. The molecule has 19 heavy (non-hydrogen) atoms. The van der Waals surface area contributed by atoms with Gasteiger partial charge in [-0.3, -0.25) is 0 Å². The smallest absolute Gasteiger partial charge is 0.127 e. The second kappa shape index (κ2) is 6.18. The maximum Gasteiger partial charge on any atom is 0.127 e. The van der Waals surface area contributed by atoms with Crippen LogP contribution in [0.1, 0.15) is 16.7 Å². The van der Waals surface area contributed by atoms with Gasteiger partial charge in [0.2, 0.25) is 0 Å². The minimum absolute atomic E-state index is 0.143. The van der Waals surface area contributed by atoms with Gasteiger partial charge in [0.05, 0.1) is 0 Å². The molecular formula is C16H17ClFN. The van der Waals surface area contributed by atoms with Crippen LogP contribution in [0.2, 0.25) is 5.02 Å². The van der Waals surface area contributed by atoms with Crippen LogP contribution >= 0.6 is 11.6 Å². The molecule has 0 saturated carbocycles. The molecule has 1 unspecified atom stereocenters. The number of halogens is 2. The molecule has 0 aliphatic carbocycles. The highest BCUT2D eigenvalue weighted by molar-refractivity contribution is 6.31. The van der Waals surface area contributed by atoms with E-state index in [4.69, 9.17) is 17.3 Å². The Morgan fingerprint density at radius 1 is 1.11 bits per heavy atom. The Kier molecular flexibility index (Phi) is 4.56. The van der Waals surface area contributed by atoms with Crippen LogP contribution in [-0.2, 0) is 12.8 Å². The van der Waals surface area contributed by atoms with Gasteiger partial charge in [-0.05, 0) is 43.0 Å². The molecule has 0 amide bonds. The van der Waals surface area contributed by atoms with Crippen molar-refractivity contribution in [3.8, 4) is 0 Å². The molecule has 0 bridgehead atoms. The van der Waals surface area contributed by atoms with Crippen LogP contribution in [0.4, 0.5) is 4.39 Å². The van der Waals surface area contributed by atoms with E-state index < -0.39 is 0 Å². The van der Waals surface area contributed by atoms with Gasteiger partial charge >= 0.3 is 0 Å². The topological polar surface area (TPSA) is 26.0 Å². The zero-order valence-electron chi connectivity index (χ0n) is 10.9. The Morgan fingerprint density at radius 2 is 1.84 bits per heavy atom. The molecule has 3 heteroatoms. The van der Waals surface area contributed by atoms with Crippen LogP contribution in [0, 0.1) is 12.7 Å². The van der Waals surface area contributed by atoms with Crippen LogP contribution in [0.15, 0.2) is 42.5 Å². The molecule has 2 aromatic rings. The van der Waals surface area contributed by atoms with Crippen LogP contribution in [0.25, 0.3) is 0 Å². The Labute approximate surface area is 118 Å². The van der Waals surface area contributed by atoms with Crippen LogP contribution in [0.5, 0.6) is 0 Å². The third-order valence-corrected chi connectivity index (χ3v) is 3.63. The molecule has 1 atom stereocenters. The fourth-order valence-electron chi connectivity index (χ4n) is 2.18. The van der Waals surface area contributed by atoms with Gasteiger partial charge in [-0.15, -0.1) is 0 Å². The largest absolute Gasteiger partial charge is 0.327 e. The molecule has 2 aromatic carbocycles. The highest BCUT2D eigenvalue weighted by Gasteiger charge is 2.13. The van der Waals surface area contributed by atoms with E-state index in [1.165, 1.54) is 17.2 Å². The summed E-state index contributed by atoms with van der Waals surface area (Å²) in [5.41, 5.74) is 9.03. The van der Waals surface area contributed by atoms with Crippen molar-refractivity contribution in [3.05, 3.63) is 70.0 Å². The molecule has 0 aliphatic rings. The highest BCUT2D eigenvalue weighted by atomic mass is 35.5. The van der Waals surface area contributed by atoms with Gasteiger partial charge in [0.15, 0.2) is 0 Å². The van der Waals surface area contributed by atoms with Crippen LogP contribution in [0.3, 0.4) is 0 Å². The molecule has 2 rings (SSSR count). The first-order chi connectivity index (χ1) is 9.08. The van der Waals surface area contributed by atoms with Crippen molar-refractivity contribution in [2.45, 2.75) is 25.8 Å². The molecule has 0 saturated heterocycles. The minimum atomic E-state index is -0.285. The van der Waals surface area contributed by atoms with Gasteiger partial charge in [-0.1, -0.05) is 41.9 Å². The second-order valence-electron chi connectivity index (χ2n) is 4.80. The van der Waals surface area contributed by atoms with E-state index in [-0.39, 0.29) is 11.9 Å². The van der Waals surface area contributed by atoms with E-state index in [0.717, 1.165) is 6.42 Å². The van der Waals surface area contributed by atoms with Crippen molar-refractivity contribution in [1.82, 2.24) is 0 Å². The first-order valence-electron chi connectivity index (χ1n) is 6.31.